The van der Waals surface area contributed by atoms with Gasteiger partial charge in [0.2, 0.25) is 5.43 Å². The standard InChI is InChI=1S/C24H27FN4O4/c1-4-33-24(31)19-13-29(16-5-7-17(32-3)8-6-16)22-18(21(19)30)11-20(25)23(27-22)28-10-9-15(12-28)14(2)26/h5-8,11,13-15H,4,9-10,12,26H2,1-3H3/t14-,15+/m0/s1. The first-order chi connectivity index (χ1) is 15.8. The number of aromatic nitrogens is 2. The van der Waals surface area contributed by atoms with Gasteiger partial charge in [0.25, 0.3) is 0 Å². The molecule has 1 aliphatic rings. The molecule has 1 saturated heterocycles. The minimum Gasteiger partial charge on any atom is -0.497 e. The fourth-order valence-corrected chi connectivity index (χ4v) is 4.14. The van der Waals surface area contributed by atoms with Crippen molar-refractivity contribution >= 4 is 22.8 Å². The van der Waals surface area contributed by atoms with Gasteiger partial charge in [-0.05, 0) is 56.5 Å². The SMILES string of the molecule is CCOC(=O)c1cn(-c2ccc(OC)cc2)c2nc(N3CC[C@@H]([C@H](C)N)C3)c(F)cc2c1=O. The highest BCUT2D eigenvalue weighted by Gasteiger charge is 2.29. The van der Waals surface area contributed by atoms with Crippen LogP contribution in [-0.2, 0) is 4.74 Å². The molecule has 2 atom stereocenters. The molecule has 0 amide bonds. The van der Waals surface area contributed by atoms with Gasteiger partial charge in [0.15, 0.2) is 17.3 Å². The minimum absolute atomic E-state index is 0.000519. The largest absolute Gasteiger partial charge is 0.497 e. The predicted octanol–water partition coefficient (Wildman–Crippen LogP) is 2.88. The summed E-state index contributed by atoms with van der Waals surface area (Å²) in [5.74, 6) is -0.343. The zero-order chi connectivity index (χ0) is 23.7. The average molecular weight is 455 g/mol. The van der Waals surface area contributed by atoms with Gasteiger partial charge in [0.05, 0.1) is 19.1 Å². The van der Waals surface area contributed by atoms with E-state index in [-0.39, 0.29) is 41.0 Å². The number of hydrogen-bond donors (Lipinski definition) is 1. The summed E-state index contributed by atoms with van der Waals surface area (Å²) < 4.78 is 27.0. The molecule has 2 aromatic heterocycles. The topological polar surface area (TPSA) is 99.7 Å². The van der Waals surface area contributed by atoms with Crippen LogP contribution in [0.3, 0.4) is 0 Å². The Balaban J connectivity index is 1.92. The molecule has 2 N–H and O–H groups in total. The zero-order valence-electron chi connectivity index (χ0n) is 18.9. The Hall–Kier alpha value is -3.46. The quantitative estimate of drug-likeness (QED) is 0.572. The van der Waals surface area contributed by atoms with Gasteiger partial charge in [0, 0.05) is 31.0 Å². The zero-order valence-corrected chi connectivity index (χ0v) is 18.9. The predicted molar refractivity (Wildman–Crippen MR) is 124 cm³/mol. The Morgan fingerprint density at radius 1 is 1.33 bits per heavy atom. The molecule has 3 aromatic rings. The molecule has 8 nitrogen and oxygen atoms in total. The minimum atomic E-state index is -0.768. The number of methoxy groups -OCH3 is 1. The molecule has 0 unspecified atom stereocenters. The van der Waals surface area contributed by atoms with E-state index in [2.05, 4.69) is 4.98 Å². The van der Waals surface area contributed by atoms with Gasteiger partial charge >= 0.3 is 5.97 Å². The van der Waals surface area contributed by atoms with E-state index in [1.54, 1.807) is 42.9 Å². The molecule has 0 spiro atoms. The number of rotatable bonds is 6. The lowest BCUT2D eigenvalue weighted by Crippen LogP contribution is -2.30. The molecule has 0 bridgehead atoms. The van der Waals surface area contributed by atoms with Crippen molar-refractivity contribution in [3.8, 4) is 11.4 Å². The van der Waals surface area contributed by atoms with Crippen molar-refractivity contribution in [2.75, 3.05) is 31.7 Å². The highest BCUT2D eigenvalue weighted by atomic mass is 19.1. The molecule has 4 rings (SSSR count). The van der Waals surface area contributed by atoms with E-state index in [0.717, 1.165) is 12.5 Å². The Kier molecular flexibility index (Phi) is 6.33. The van der Waals surface area contributed by atoms with E-state index in [4.69, 9.17) is 15.2 Å². The molecule has 1 fully saturated rings. The summed E-state index contributed by atoms with van der Waals surface area (Å²) in [6, 6.07) is 8.18. The highest BCUT2D eigenvalue weighted by molar-refractivity contribution is 5.94. The first kappa shape index (κ1) is 22.7. The Labute approximate surface area is 190 Å². The van der Waals surface area contributed by atoms with Crippen LogP contribution in [-0.4, -0.2) is 48.4 Å². The number of halogens is 1. The number of carbonyl (C=O) groups excluding carboxylic acids is 1. The van der Waals surface area contributed by atoms with Crippen LogP contribution in [0.25, 0.3) is 16.7 Å². The average Bonchev–Trinajstić information content (AvgIpc) is 3.30. The lowest BCUT2D eigenvalue weighted by Gasteiger charge is -2.21. The van der Waals surface area contributed by atoms with E-state index in [9.17, 15) is 9.59 Å². The van der Waals surface area contributed by atoms with Crippen LogP contribution in [0, 0.1) is 11.7 Å². The lowest BCUT2D eigenvalue weighted by molar-refractivity contribution is 0.0524. The van der Waals surface area contributed by atoms with E-state index in [1.807, 2.05) is 11.8 Å². The molecule has 1 aromatic carbocycles. The summed E-state index contributed by atoms with van der Waals surface area (Å²) in [7, 11) is 1.56. The van der Waals surface area contributed by atoms with Crippen LogP contribution in [0.2, 0.25) is 0 Å². The smallest absolute Gasteiger partial charge is 0.343 e. The third kappa shape index (κ3) is 4.28. The monoisotopic (exact) mass is 454 g/mol. The van der Waals surface area contributed by atoms with E-state index < -0.39 is 17.2 Å². The Morgan fingerprint density at radius 3 is 2.67 bits per heavy atom. The molecule has 3 heterocycles. The van der Waals surface area contributed by atoms with Gasteiger partial charge in [-0.2, -0.15) is 0 Å². The molecule has 33 heavy (non-hydrogen) atoms. The molecule has 9 heteroatoms. The second kappa shape index (κ2) is 9.19. The number of nitrogens with two attached hydrogens (primary N) is 1. The number of hydrogen-bond acceptors (Lipinski definition) is 7. The van der Waals surface area contributed by atoms with Crippen LogP contribution in [0.15, 0.2) is 41.3 Å². The Bertz CT molecular complexity index is 1240. The number of anilines is 1. The second-order valence-electron chi connectivity index (χ2n) is 8.18. The van der Waals surface area contributed by atoms with Crippen LogP contribution < -0.4 is 20.8 Å². The summed E-state index contributed by atoms with van der Waals surface area (Å²) in [6.07, 6.45) is 2.23. The summed E-state index contributed by atoms with van der Waals surface area (Å²) in [5.41, 5.74) is 6.11. The van der Waals surface area contributed by atoms with Gasteiger partial charge in [0.1, 0.15) is 11.3 Å². The molecular formula is C24H27FN4O4. The number of esters is 1. The van der Waals surface area contributed by atoms with Crippen molar-refractivity contribution in [3.05, 3.63) is 58.1 Å². The van der Waals surface area contributed by atoms with Crippen LogP contribution in [0.5, 0.6) is 5.75 Å². The van der Waals surface area contributed by atoms with E-state index in [1.165, 1.54) is 6.20 Å². The van der Waals surface area contributed by atoms with Crippen LogP contribution in [0.1, 0.15) is 30.6 Å². The third-order valence-electron chi connectivity index (χ3n) is 6.03. The number of pyridine rings is 2. The highest BCUT2D eigenvalue weighted by Crippen LogP contribution is 2.29. The normalized spacial score (nSPS) is 16.8. The molecule has 174 valence electrons. The fourth-order valence-electron chi connectivity index (χ4n) is 4.14. The third-order valence-corrected chi connectivity index (χ3v) is 6.03. The summed E-state index contributed by atoms with van der Waals surface area (Å²) in [6.45, 7) is 4.91. The number of ether oxygens (including phenoxy) is 2. The van der Waals surface area contributed by atoms with Gasteiger partial charge in [-0.3, -0.25) is 4.79 Å². The fraction of sp³-hybridized carbons (Fsp3) is 0.375. The molecule has 0 saturated carbocycles. The number of fused-ring (bicyclic) bond motifs is 1. The summed E-state index contributed by atoms with van der Waals surface area (Å²) >= 11 is 0. The molecule has 0 aliphatic carbocycles. The van der Waals surface area contributed by atoms with Crippen molar-refractivity contribution < 1.29 is 18.7 Å². The maximum atomic E-state index is 15.2. The van der Waals surface area contributed by atoms with E-state index in [0.29, 0.717) is 24.5 Å². The molecular weight excluding hydrogens is 427 g/mol. The number of nitrogens with zero attached hydrogens (tertiary/aromatic N) is 3. The van der Waals surface area contributed by atoms with Crippen molar-refractivity contribution in [1.82, 2.24) is 9.55 Å². The molecule has 1 aliphatic heterocycles. The maximum absolute atomic E-state index is 15.2. The molecule has 0 radical (unpaired) electrons. The first-order valence-corrected chi connectivity index (χ1v) is 10.9. The van der Waals surface area contributed by atoms with Crippen LogP contribution >= 0.6 is 0 Å². The van der Waals surface area contributed by atoms with Crippen molar-refractivity contribution in [2.45, 2.75) is 26.3 Å². The first-order valence-electron chi connectivity index (χ1n) is 10.9. The van der Waals surface area contributed by atoms with Crippen LogP contribution in [0.4, 0.5) is 10.2 Å². The number of carbonyl (C=O) groups is 1. The van der Waals surface area contributed by atoms with Gasteiger partial charge in [-0.1, -0.05) is 0 Å². The Morgan fingerprint density at radius 2 is 2.06 bits per heavy atom. The van der Waals surface area contributed by atoms with Gasteiger partial charge < -0.3 is 24.7 Å². The summed E-state index contributed by atoms with van der Waals surface area (Å²) in [4.78, 5) is 32.0. The van der Waals surface area contributed by atoms with Gasteiger partial charge in [-0.25, -0.2) is 14.2 Å². The summed E-state index contributed by atoms with van der Waals surface area (Å²) in [5, 5.41) is 0.000519. The lowest BCUT2D eigenvalue weighted by atomic mass is 10.0. The second-order valence-corrected chi connectivity index (χ2v) is 8.18. The van der Waals surface area contributed by atoms with Gasteiger partial charge in [-0.15, -0.1) is 0 Å². The van der Waals surface area contributed by atoms with E-state index >= 15 is 4.39 Å². The maximum Gasteiger partial charge on any atom is 0.343 e. The van der Waals surface area contributed by atoms with Crippen molar-refractivity contribution in [3.63, 3.8) is 0 Å². The van der Waals surface area contributed by atoms with Crippen molar-refractivity contribution in [1.29, 1.82) is 0 Å². The van der Waals surface area contributed by atoms with Crippen molar-refractivity contribution in [2.24, 2.45) is 11.7 Å². The number of benzene rings is 1.